The molecule has 0 radical (unpaired) electrons. The van der Waals surface area contributed by atoms with Crippen LogP contribution in [-0.2, 0) is 0 Å². The molecule has 2 unspecified atom stereocenters. The molecule has 3 nitrogen and oxygen atoms in total. The lowest BCUT2D eigenvalue weighted by molar-refractivity contribution is -0.0215. The fourth-order valence-corrected chi connectivity index (χ4v) is 2.62. The van der Waals surface area contributed by atoms with Gasteiger partial charge in [0, 0.05) is 23.5 Å². The Morgan fingerprint density at radius 3 is 2.33 bits per heavy atom. The first-order valence-corrected chi connectivity index (χ1v) is 6.84. The summed E-state index contributed by atoms with van der Waals surface area (Å²) in [6.07, 6.45) is 3.99. The first-order chi connectivity index (χ1) is 8.49. The number of aryl methyl sites for hydroxylation is 1. The minimum atomic E-state index is -0.505. The van der Waals surface area contributed by atoms with Crippen LogP contribution in [0.1, 0.15) is 51.3 Å². The largest absolute Gasteiger partial charge is 0.386 e. The molecule has 0 aliphatic heterocycles. The Bertz CT molecular complexity index is 377. The molecule has 0 aromatic carbocycles. The van der Waals surface area contributed by atoms with Gasteiger partial charge >= 0.3 is 0 Å². The van der Waals surface area contributed by atoms with E-state index in [1.165, 1.54) is 0 Å². The number of aromatic nitrogens is 1. The summed E-state index contributed by atoms with van der Waals surface area (Å²) in [7, 11) is 0. The topological polar surface area (TPSA) is 36.4 Å². The number of hydrogen-bond donors (Lipinski definition) is 1. The molecule has 0 saturated carbocycles. The first-order valence-electron chi connectivity index (χ1n) is 6.84. The van der Waals surface area contributed by atoms with Crippen LogP contribution in [0.25, 0.3) is 0 Å². The van der Waals surface area contributed by atoms with E-state index in [4.69, 9.17) is 0 Å². The average molecular weight is 250 g/mol. The SMILES string of the molecule is CCN(CC)C(C)(CC)C(O)c1cncc(C)c1. The third kappa shape index (κ3) is 2.90. The van der Waals surface area contributed by atoms with E-state index in [-0.39, 0.29) is 5.54 Å². The second-order valence-electron chi connectivity index (χ2n) is 5.08. The van der Waals surface area contributed by atoms with Crippen LogP contribution in [0.3, 0.4) is 0 Å². The number of likely N-dealkylation sites (N-methyl/N-ethyl adjacent to an activating group) is 1. The molecule has 0 fully saturated rings. The molecule has 0 bridgehead atoms. The lowest BCUT2D eigenvalue weighted by Crippen LogP contribution is -2.50. The summed E-state index contributed by atoms with van der Waals surface area (Å²) in [6.45, 7) is 12.4. The Morgan fingerprint density at radius 2 is 1.89 bits per heavy atom. The maximum atomic E-state index is 10.7. The van der Waals surface area contributed by atoms with Crippen LogP contribution < -0.4 is 0 Å². The Morgan fingerprint density at radius 1 is 1.28 bits per heavy atom. The lowest BCUT2D eigenvalue weighted by Gasteiger charge is -2.43. The molecule has 1 N–H and O–H groups in total. The lowest BCUT2D eigenvalue weighted by atomic mass is 9.85. The predicted octanol–water partition coefficient (Wildman–Crippen LogP) is 2.93. The highest BCUT2D eigenvalue weighted by atomic mass is 16.3. The van der Waals surface area contributed by atoms with Crippen LogP contribution in [-0.4, -0.2) is 33.6 Å². The Labute approximate surface area is 111 Å². The third-order valence-corrected chi connectivity index (χ3v) is 4.00. The fraction of sp³-hybridized carbons (Fsp3) is 0.667. The van der Waals surface area contributed by atoms with Crippen molar-refractivity contribution in [3.05, 3.63) is 29.6 Å². The van der Waals surface area contributed by atoms with Crippen molar-refractivity contribution < 1.29 is 5.11 Å². The second-order valence-corrected chi connectivity index (χ2v) is 5.08. The summed E-state index contributed by atoms with van der Waals surface area (Å²) < 4.78 is 0. The van der Waals surface area contributed by atoms with Crippen LogP contribution >= 0.6 is 0 Å². The van der Waals surface area contributed by atoms with E-state index >= 15 is 0 Å². The molecule has 0 saturated heterocycles. The van der Waals surface area contributed by atoms with Gasteiger partial charge in [0.2, 0.25) is 0 Å². The molecule has 0 aliphatic rings. The maximum Gasteiger partial charge on any atom is 0.0985 e. The molecule has 18 heavy (non-hydrogen) atoms. The van der Waals surface area contributed by atoms with Gasteiger partial charge in [0.25, 0.3) is 0 Å². The van der Waals surface area contributed by atoms with Crippen LogP contribution in [0.15, 0.2) is 18.5 Å². The fourth-order valence-electron chi connectivity index (χ4n) is 2.62. The van der Waals surface area contributed by atoms with Crippen molar-refractivity contribution in [2.24, 2.45) is 0 Å². The van der Waals surface area contributed by atoms with E-state index in [1.807, 2.05) is 19.2 Å². The molecule has 1 aromatic heterocycles. The predicted molar refractivity (Wildman–Crippen MR) is 75.6 cm³/mol. The number of hydrogen-bond acceptors (Lipinski definition) is 3. The summed E-state index contributed by atoms with van der Waals surface area (Å²) in [6, 6.07) is 2.02. The van der Waals surface area contributed by atoms with E-state index in [9.17, 15) is 5.11 Å². The minimum Gasteiger partial charge on any atom is -0.386 e. The average Bonchev–Trinajstić information content (AvgIpc) is 2.38. The van der Waals surface area contributed by atoms with Crippen LogP contribution in [0, 0.1) is 6.92 Å². The number of aliphatic hydroxyl groups is 1. The van der Waals surface area contributed by atoms with Gasteiger partial charge in [0.05, 0.1) is 6.10 Å². The number of rotatable bonds is 6. The second kappa shape index (κ2) is 6.30. The van der Waals surface area contributed by atoms with Crippen molar-refractivity contribution in [3.63, 3.8) is 0 Å². The van der Waals surface area contributed by atoms with Gasteiger partial charge in [-0.05, 0) is 38.9 Å². The summed E-state index contributed by atoms with van der Waals surface area (Å²) in [5, 5.41) is 10.7. The summed E-state index contributed by atoms with van der Waals surface area (Å²) in [4.78, 5) is 6.51. The van der Waals surface area contributed by atoms with Gasteiger partial charge in [-0.3, -0.25) is 9.88 Å². The monoisotopic (exact) mass is 250 g/mol. The van der Waals surface area contributed by atoms with E-state index in [0.29, 0.717) is 0 Å². The minimum absolute atomic E-state index is 0.237. The Balaban J connectivity index is 3.07. The van der Waals surface area contributed by atoms with Crippen molar-refractivity contribution in [1.29, 1.82) is 0 Å². The molecule has 1 heterocycles. The highest BCUT2D eigenvalue weighted by molar-refractivity contribution is 5.22. The highest BCUT2D eigenvalue weighted by Gasteiger charge is 2.36. The van der Waals surface area contributed by atoms with Gasteiger partial charge < -0.3 is 5.11 Å². The quantitative estimate of drug-likeness (QED) is 0.843. The summed E-state index contributed by atoms with van der Waals surface area (Å²) >= 11 is 0. The molecule has 3 heteroatoms. The van der Waals surface area contributed by atoms with Crippen molar-refractivity contribution in [2.45, 2.75) is 52.7 Å². The molecule has 0 spiro atoms. The van der Waals surface area contributed by atoms with Gasteiger partial charge in [-0.15, -0.1) is 0 Å². The van der Waals surface area contributed by atoms with E-state index in [2.05, 4.69) is 37.6 Å². The highest BCUT2D eigenvalue weighted by Crippen LogP contribution is 2.33. The number of aliphatic hydroxyl groups excluding tert-OH is 1. The van der Waals surface area contributed by atoms with E-state index in [1.54, 1.807) is 6.20 Å². The van der Waals surface area contributed by atoms with Crippen LogP contribution in [0.4, 0.5) is 0 Å². The van der Waals surface area contributed by atoms with Gasteiger partial charge in [0.1, 0.15) is 0 Å². The standard InChI is InChI=1S/C15H26N2O/c1-6-15(5,17(7-2)8-3)14(18)13-9-12(4)10-16-11-13/h9-11,14,18H,6-8H2,1-5H3. The normalized spacial score (nSPS) is 16.6. The molecule has 0 amide bonds. The first kappa shape index (κ1) is 15.1. The zero-order valence-corrected chi connectivity index (χ0v) is 12.3. The van der Waals surface area contributed by atoms with Crippen molar-refractivity contribution >= 4 is 0 Å². The number of nitrogens with zero attached hydrogens (tertiary/aromatic N) is 2. The molecular weight excluding hydrogens is 224 g/mol. The smallest absolute Gasteiger partial charge is 0.0985 e. The van der Waals surface area contributed by atoms with Gasteiger partial charge in [0.15, 0.2) is 0 Å². The number of pyridine rings is 1. The summed E-state index contributed by atoms with van der Waals surface area (Å²) in [5.74, 6) is 0. The summed E-state index contributed by atoms with van der Waals surface area (Å²) in [5.41, 5.74) is 1.76. The van der Waals surface area contributed by atoms with Gasteiger partial charge in [-0.1, -0.05) is 26.8 Å². The van der Waals surface area contributed by atoms with Gasteiger partial charge in [-0.25, -0.2) is 0 Å². The van der Waals surface area contributed by atoms with E-state index in [0.717, 1.165) is 30.6 Å². The zero-order chi connectivity index (χ0) is 13.8. The molecule has 1 aromatic rings. The molecule has 0 aliphatic carbocycles. The van der Waals surface area contributed by atoms with Crippen LogP contribution in [0.5, 0.6) is 0 Å². The van der Waals surface area contributed by atoms with Crippen molar-refractivity contribution in [2.75, 3.05) is 13.1 Å². The maximum absolute atomic E-state index is 10.7. The Hall–Kier alpha value is -0.930. The van der Waals surface area contributed by atoms with E-state index < -0.39 is 6.10 Å². The molecule has 1 rings (SSSR count). The molecule has 2 atom stereocenters. The molecule has 102 valence electrons. The Kier molecular flexibility index (Phi) is 5.29. The third-order valence-electron chi connectivity index (χ3n) is 4.00. The van der Waals surface area contributed by atoms with Crippen molar-refractivity contribution in [3.8, 4) is 0 Å². The zero-order valence-electron chi connectivity index (χ0n) is 12.3. The van der Waals surface area contributed by atoms with Crippen molar-refractivity contribution in [1.82, 2.24) is 9.88 Å². The van der Waals surface area contributed by atoms with Crippen LogP contribution in [0.2, 0.25) is 0 Å². The molecular formula is C15H26N2O. The van der Waals surface area contributed by atoms with Gasteiger partial charge in [-0.2, -0.15) is 0 Å².